The lowest BCUT2D eigenvalue weighted by Gasteiger charge is -2.38. The zero-order valence-corrected chi connectivity index (χ0v) is 10.8. The third kappa shape index (κ3) is 1.30. The van der Waals surface area contributed by atoms with Crippen LogP contribution >= 0.6 is 11.8 Å². The van der Waals surface area contributed by atoms with Gasteiger partial charge in [0.05, 0.1) is 11.4 Å². The van der Waals surface area contributed by atoms with Crippen LogP contribution in [0.1, 0.15) is 12.0 Å². The maximum atomic E-state index is 4.21. The third-order valence-electron chi connectivity index (χ3n) is 3.66. The maximum Gasteiger partial charge on any atom is 0.0629 e. The summed E-state index contributed by atoms with van der Waals surface area (Å²) in [5.74, 6) is 0. The molecule has 2 aliphatic rings. The van der Waals surface area contributed by atoms with Crippen molar-refractivity contribution in [3.05, 3.63) is 54.6 Å². The second kappa shape index (κ2) is 3.66. The Hall–Kier alpha value is -1.67. The molecule has 0 unspecified atom stereocenters. The molecular formula is C16H13NS. The highest BCUT2D eigenvalue weighted by molar-refractivity contribution is 7.99. The van der Waals surface area contributed by atoms with Gasteiger partial charge in [0.15, 0.2) is 0 Å². The molecule has 2 heteroatoms. The molecule has 4 rings (SSSR count). The predicted molar refractivity (Wildman–Crippen MR) is 77.7 cm³/mol. The maximum absolute atomic E-state index is 4.21. The first kappa shape index (κ1) is 10.3. The van der Waals surface area contributed by atoms with Gasteiger partial charge in [0.1, 0.15) is 0 Å². The summed E-state index contributed by atoms with van der Waals surface area (Å²) >= 11 is 1.87. The average molecular weight is 251 g/mol. The summed E-state index contributed by atoms with van der Waals surface area (Å²) in [6.07, 6.45) is 1.05. The fourth-order valence-corrected chi connectivity index (χ4v) is 3.92. The van der Waals surface area contributed by atoms with E-state index in [1.54, 1.807) is 0 Å². The fourth-order valence-electron chi connectivity index (χ4n) is 2.79. The zero-order valence-electron chi connectivity index (χ0n) is 10.0. The average Bonchev–Trinajstić information content (AvgIpc) is 2.42. The lowest BCUT2D eigenvalue weighted by atomic mass is 9.96. The number of nitrogens with zero attached hydrogens (tertiary/aromatic N) is 1. The highest BCUT2D eigenvalue weighted by Gasteiger charge is 2.28. The summed E-state index contributed by atoms with van der Waals surface area (Å²) in [6.45, 7) is 5.25. The Balaban J connectivity index is 2.01. The van der Waals surface area contributed by atoms with E-state index in [1.807, 2.05) is 11.8 Å². The van der Waals surface area contributed by atoms with Gasteiger partial charge in [-0.2, -0.15) is 0 Å². The Labute approximate surface area is 111 Å². The van der Waals surface area contributed by atoms with E-state index >= 15 is 0 Å². The molecule has 0 saturated heterocycles. The minimum Gasteiger partial charge on any atom is -0.339 e. The number of fused-ring (bicyclic) bond motifs is 2. The van der Waals surface area contributed by atoms with Gasteiger partial charge in [-0.25, -0.2) is 0 Å². The second-order valence-electron chi connectivity index (χ2n) is 4.73. The lowest BCUT2D eigenvalue weighted by molar-refractivity contribution is 0.894. The van der Waals surface area contributed by atoms with Crippen molar-refractivity contribution in [1.29, 1.82) is 0 Å². The van der Waals surface area contributed by atoms with Crippen LogP contribution in [0.15, 0.2) is 58.8 Å². The van der Waals surface area contributed by atoms with Crippen molar-refractivity contribution in [2.24, 2.45) is 0 Å². The SMILES string of the molecule is C=C1CCN2c3ccccc3Sc3cccc1c32. The third-order valence-corrected chi connectivity index (χ3v) is 4.78. The van der Waals surface area contributed by atoms with E-state index in [0.29, 0.717) is 0 Å². The largest absolute Gasteiger partial charge is 0.339 e. The Kier molecular flexibility index (Phi) is 2.09. The Morgan fingerprint density at radius 2 is 1.83 bits per heavy atom. The predicted octanol–water partition coefficient (Wildman–Crippen LogP) is 4.71. The summed E-state index contributed by atoms with van der Waals surface area (Å²) < 4.78 is 0. The minimum absolute atomic E-state index is 1.04. The van der Waals surface area contributed by atoms with Crippen molar-refractivity contribution in [3.63, 3.8) is 0 Å². The van der Waals surface area contributed by atoms with E-state index in [-0.39, 0.29) is 0 Å². The molecule has 18 heavy (non-hydrogen) atoms. The molecule has 0 fully saturated rings. The van der Waals surface area contributed by atoms with Crippen LogP contribution in [0.4, 0.5) is 11.4 Å². The number of anilines is 2. The van der Waals surface area contributed by atoms with E-state index in [2.05, 4.69) is 53.9 Å². The molecule has 0 radical (unpaired) electrons. The van der Waals surface area contributed by atoms with Crippen molar-refractivity contribution in [2.75, 3.05) is 11.4 Å². The minimum atomic E-state index is 1.04. The molecule has 2 aromatic rings. The molecular weight excluding hydrogens is 238 g/mol. The fraction of sp³-hybridized carbons (Fsp3) is 0.125. The van der Waals surface area contributed by atoms with Gasteiger partial charge in [0, 0.05) is 21.9 Å². The van der Waals surface area contributed by atoms with Gasteiger partial charge >= 0.3 is 0 Å². The number of hydrogen-bond acceptors (Lipinski definition) is 2. The highest BCUT2D eigenvalue weighted by Crippen LogP contribution is 2.52. The van der Waals surface area contributed by atoms with Crippen molar-refractivity contribution in [1.82, 2.24) is 0 Å². The summed E-state index contributed by atoms with van der Waals surface area (Å²) in [6, 6.07) is 15.2. The molecule has 0 saturated carbocycles. The number of hydrogen-bond donors (Lipinski definition) is 0. The van der Waals surface area contributed by atoms with E-state index in [9.17, 15) is 0 Å². The van der Waals surface area contributed by atoms with Crippen LogP contribution < -0.4 is 4.90 Å². The van der Waals surface area contributed by atoms with Crippen LogP contribution in [0, 0.1) is 0 Å². The molecule has 0 amide bonds. The second-order valence-corrected chi connectivity index (χ2v) is 5.81. The molecule has 0 aromatic heterocycles. The van der Waals surface area contributed by atoms with E-state index < -0.39 is 0 Å². The highest BCUT2D eigenvalue weighted by atomic mass is 32.2. The van der Waals surface area contributed by atoms with Crippen LogP contribution in [0.2, 0.25) is 0 Å². The number of rotatable bonds is 0. The first-order valence-electron chi connectivity index (χ1n) is 6.20. The van der Waals surface area contributed by atoms with Crippen LogP contribution in [0.5, 0.6) is 0 Å². The molecule has 2 heterocycles. The van der Waals surface area contributed by atoms with Crippen LogP contribution in [-0.2, 0) is 0 Å². The van der Waals surface area contributed by atoms with Crippen molar-refractivity contribution in [2.45, 2.75) is 16.2 Å². The van der Waals surface area contributed by atoms with Crippen LogP contribution in [0.25, 0.3) is 5.57 Å². The van der Waals surface area contributed by atoms with Gasteiger partial charge in [-0.1, -0.05) is 42.6 Å². The summed E-state index contributed by atoms with van der Waals surface area (Å²) in [5.41, 5.74) is 5.29. The standard InChI is InChI=1S/C16H13NS/c1-11-9-10-17-13-6-2-3-7-14(13)18-15-8-4-5-12(11)16(15)17/h2-8H,1,9-10H2. The summed E-state index contributed by atoms with van der Waals surface area (Å²) in [5, 5.41) is 0. The van der Waals surface area contributed by atoms with E-state index in [0.717, 1.165) is 13.0 Å². The van der Waals surface area contributed by atoms with Gasteiger partial charge in [-0.15, -0.1) is 0 Å². The molecule has 0 N–H and O–H groups in total. The van der Waals surface area contributed by atoms with Gasteiger partial charge in [-0.05, 0) is 30.2 Å². The van der Waals surface area contributed by atoms with Crippen LogP contribution in [-0.4, -0.2) is 6.54 Å². The quantitative estimate of drug-likeness (QED) is 0.667. The first-order valence-corrected chi connectivity index (χ1v) is 7.02. The Morgan fingerprint density at radius 1 is 1.00 bits per heavy atom. The van der Waals surface area contributed by atoms with Gasteiger partial charge in [0.25, 0.3) is 0 Å². The lowest BCUT2D eigenvalue weighted by Crippen LogP contribution is -2.26. The normalized spacial score (nSPS) is 16.2. The Morgan fingerprint density at radius 3 is 2.78 bits per heavy atom. The molecule has 0 aliphatic carbocycles. The van der Waals surface area contributed by atoms with E-state index in [1.165, 1.54) is 32.3 Å². The van der Waals surface area contributed by atoms with Crippen molar-refractivity contribution < 1.29 is 0 Å². The monoisotopic (exact) mass is 251 g/mol. The molecule has 0 spiro atoms. The molecule has 0 bridgehead atoms. The number of para-hydroxylation sites is 2. The smallest absolute Gasteiger partial charge is 0.0629 e. The molecule has 2 aliphatic heterocycles. The molecule has 88 valence electrons. The first-order chi connectivity index (χ1) is 8.84. The Bertz CT molecular complexity index is 660. The molecule has 0 atom stereocenters. The van der Waals surface area contributed by atoms with Crippen molar-refractivity contribution >= 4 is 28.7 Å². The molecule has 1 nitrogen and oxygen atoms in total. The van der Waals surface area contributed by atoms with Crippen LogP contribution in [0.3, 0.4) is 0 Å². The molecule has 2 aromatic carbocycles. The zero-order chi connectivity index (χ0) is 12.1. The summed E-state index contributed by atoms with van der Waals surface area (Å²) in [4.78, 5) is 5.16. The number of benzene rings is 2. The topological polar surface area (TPSA) is 3.24 Å². The summed E-state index contributed by atoms with van der Waals surface area (Å²) in [7, 11) is 0. The van der Waals surface area contributed by atoms with Crippen molar-refractivity contribution in [3.8, 4) is 0 Å². The van der Waals surface area contributed by atoms with Gasteiger partial charge < -0.3 is 4.90 Å². The van der Waals surface area contributed by atoms with E-state index in [4.69, 9.17) is 0 Å². The van der Waals surface area contributed by atoms with Gasteiger partial charge in [-0.3, -0.25) is 0 Å². The van der Waals surface area contributed by atoms with Gasteiger partial charge in [0.2, 0.25) is 0 Å².